The van der Waals surface area contributed by atoms with Crippen molar-refractivity contribution in [3.8, 4) is 5.75 Å². The molecule has 6 nitrogen and oxygen atoms in total. The van der Waals surface area contributed by atoms with Gasteiger partial charge in [0.15, 0.2) is 5.96 Å². The molecule has 26 heavy (non-hydrogen) atoms. The van der Waals surface area contributed by atoms with Crippen molar-refractivity contribution in [2.45, 2.75) is 10.4 Å². The maximum absolute atomic E-state index is 12.4. The van der Waals surface area contributed by atoms with Crippen molar-refractivity contribution in [2.75, 3.05) is 18.5 Å². The van der Waals surface area contributed by atoms with Crippen molar-refractivity contribution in [3.63, 3.8) is 0 Å². The summed E-state index contributed by atoms with van der Waals surface area (Å²) >= 11 is 0. The zero-order chi connectivity index (χ0) is 19.2. The summed E-state index contributed by atoms with van der Waals surface area (Å²) in [7, 11) is -5.36. The first kappa shape index (κ1) is 19.6. The summed E-state index contributed by atoms with van der Waals surface area (Å²) in [6, 6.07) is 13.1. The number of nitrogens with zero attached hydrogens (tertiary/aromatic N) is 1. The summed E-state index contributed by atoms with van der Waals surface area (Å²) in [5, 5.41) is 2.88. The summed E-state index contributed by atoms with van der Waals surface area (Å²) < 4.78 is 65.1. The molecule has 0 saturated carbocycles. The van der Waals surface area contributed by atoms with Crippen molar-refractivity contribution in [1.29, 1.82) is 0 Å². The summed E-state index contributed by atoms with van der Waals surface area (Å²) in [5.41, 5.74) is 1.14. The van der Waals surface area contributed by atoms with Gasteiger partial charge in [0.25, 0.3) is 9.84 Å². The van der Waals surface area contributed by atoms with E-state index in [1.165, 1.54) is 0 Å². The molecule has 0 aromatic heterocycles. The van der Waals surface area contributed by atoms with Gasteiger partial charge in [-0.15, -0.1) is 0 Å². The Labute approximate surface area is 148 Å². The molecule has 0 aliphatic carbocycles. The molecule has 2 aromatic rings. The fourth-order valence-corrected chi connectivity index (χ4v) is 2.65. The minimum atomic E-state index is -5.36. The van der Waals surface area contributed by atoms with E-state index in [0.717, 1.165) is 30.0 Å². The molecule has 0 saturated heterocycles. The summed E-state index contributed by atoms with van der Waals surface area (Å²) in [4.78, 5) is 3.20. The van der Waals surface area contributed by atoms with E-state index in [0.29, 0.717) is 0 Å². The largest absolute Gasteiger partial charge is 0.501 e. The van der Waals surface area contributed by atoms with Crippen LogP contribution in [0, 0.1) is 0 Å². The Morgan fingerprint density at radius 3 is 2.27 bits per heavy atom. The van der Waals surface area contributed by atoms with Gasteiger partial charge in [0.1, 0.15) is 12.4 Å². The second kappa shape index (κ2) is 8.09. The van der Waals surface area contributed by atoms with Crippen molar-refractivity contribution in [2.24, 2.45) is 10.7 Å². The predicted molar refractivity (Wildman–Crippen MR) is 91.7 cm³/mol. The van der Waals surface area contributed by atoms with E-state index in [9.17, 15) is 21.6 Å². The van der Waals surface area contributed by atoms with E-state index in [4.69, 9.17) is 10.5 Å². The number of guanidine groups is 1. The van der Waals surface area contributed by atoms with Crippen LogP contribution in [0.5, 0.6) is 5.75 Å². The lowest BCUT2D eigenvalue weighted by molar-refractivity contribution is -0.0436. The first-order valence-electron chi connectivity index (χ1n) is 7.36. The highest BCUT2D eigenvalue weighted by Crippen LogP contribution is 2.30. The maximum Gasteiger partial charge on any atom is 0.501 e. The van der Waals surface area contributed by atoms with Gasteiger partial charge in [0.2, 0.25) is 0 Å². The number of para-hydroxylation sites is 1. The minimum Gasteiger partial charge on any atom is -0.492 e. The number of sulfone groups is 1. The molecule has 0 heterocycles. The number of anilines is 1. The van der Waals surface area contributed by atoms with Crippen LogP contribution in [0.2, 0.25) is 0 Å². The van der Waals surface area contributed by atoms with Crippen LogP contribution in [0.4, 0.5) is 18.9 Å². The molecule has 0 aliphatic heterocycles. The molecule has 0 radical (unpaired) electrons. The Balaban J connectivity index is 1.86. The second-order valence-electron chi connectivity index (χ2n) is 5.03. The molecule has 0 aliphatic rings. The number of ether oxygens (including phenoxy) is 1. The Kier molecular flexibility index (Phi) is 6.09. The van der Waals surface area contributed by atoms with Gasteiger partial charge in [0.05, 0.1) is 11.4 Å². The van der Waals surface area contributed by atoms with Crippen LogP contribution in [-0.4, -0.2) is 33.0 Å². The smallest absolute Gasteiger partial charge is 0.492 e. The topological polar surface area (TPSA) is 93.8 Å². The highest BCUT2D eigenvalue weighted by Gasteiger charge is 2.46. The van der Waals surface area contributed by atoms with Gasteiger partial charge in [-0.1, -0.05) is 18.2 Å². The number of nitrogens with one attached hydrogen (secondary N) is 1. The summed E-state index contributed by atoms with van der Waals surface area (Å²) in [5.74, 6) is 0.405. The molecule has 3 N–H and O–H groups in total. The average molecular weight is 387 g/mol. The number of benzene rings is 2. The monoisotopic (exact) mass is 387 g/mol. The van der Waals surface area contributed by atoms with Gasteiger partial charge >= 0.3 is 5.51 Å². The number of nitrogens with two attached hydrogens (primary N) is 1. The normalized spacial score (nSPS) is 12.7. The lowest BCUT2D eigenvalue weighted by Crippen LogP contribution is -2.23. The highest BCUT2D eigenvalue weighted by molar-refractivity contribution is 7.92. The van der Waals surface area contributed by atoms with Gasteiger partial charge in [-0.25, -0.2) is 13.4 Å². The van der Waals surface area contributed by atoms with Crippen LogP contribution in [0.3, 0.4) is 0 Å². The number of aliphatic imine (C=N–C) groups is 1. The molecule has 0 unspecified atom stereocenters. The molecule has 2 rings (SSSR count). The second-order valence-corrected chi connectivity index (χ2v) is 6.97. The van der Waals surface area contributed by atoms with Crippen LogP contribution < -0.4 is 15.8 Å². The Hall–Kier alpha value is -2.75. The molecular formula is C16H16F3N3O3S. The number of halogens is 3. The third kappa shape index (κ3) is 5.12. The van der Waals surface area contributed by atoms with E-state index >= 15 is 0 Å². The van der Waals surface area contributed by atoms with E-state index in [1.807, 2.05) is 30.3 Å². The number of hydrogen-bond acceptors (Lipinski definition) is 4. The fraction of sp³-hybridized carbons (Fsp3) is 0.188. The molecule has 10 heteroatoms. The van der Waals surface area contributed by atoms with Gasteiger partial charge < -0.3 is 15.8 Å². The van der Waals surface area contributed by atoms with E-state index < -0.39 is 20.2 Å². The molecule has 0 atom stereocenters. The van der Waals surface area contributed by atoms with Crippen LogP contribution in [0.15, 0.2) is 64.5 Å². The van der Waals surface area contributed by atoms with Gasteiger partial charge in [0, 0.05) is 5.69 Å². The molecule has 2 aromatic carbocycles. The summed E-state index contributed by atoms with van der Waals surface area (Å²) in [6.07, 6.45) is 0. The number of alkyl halides is 3. The van der Waals surface area contributed by atoms with Crippen LogP contribution >= 0.6 is 0 Å². The SMILES string of the molecule is NC(=NCCOc1ccc(S(=O)(=O)C(F)(F)F)cc1)Nc1ccccc1. The van der Waals surface area contributed by atoms with Gasteiger partial charge in [-0.2, -0.15) is 13.2 Å². The zero-order valence-electron chi connectivity index (χ0n) is 13.4. The first-order chi connectivity index (χ1) is 12.2. The molecular weight excluding hydrogens is 371 g/mol. The van der Waals surface area contributed by atoms with Crippen LogP contribution in [0.25, 0.3) is 0 Å². The fourth-order valence-electron chi connectivity index (χ4n) is 1.89. The van der Waals surface area contributed by atoms with Crippen molar-refractivity contribution in [1.82, 2.24) is 0 Å². The first-order valence-corrected chi connectivity index (χ1v) is 8.85. The Morgan fingerprint density at radius 2 is 1.69 bits per heavy atom. The quantitative estimate of drug-likeness (QED) is 0.452. The minimum absolute atomic E-state index is 0.114. The van der Waals surface area contributed by atoms with Crippen LogP contribution in [-0.2, 0) is 9.84 Å². The summed E-state index contributed by atoms with van der Waals surface area (Å²) in [6.45, 7) is 0.316. The lowest BCUT2D eigenvalue weighted by Gasteiger charge is -2.09. The third-order valence-corrected chi connectivity index (χ3v) is 4.63. The van der Waals surface area contributed by atoms with Crippen molar-refractivity contribution >= 4 is 21.5 Å². The molecule has 0 spiro atoms. The number of hydrogen-bond donors (Lipinski definition) is 2. The van der Waals surface area contributed by atoms with E-state index in [1.54, 1.807) is 0 Å². The molecule has 0 fully saturated rings. The molecule has 140 valence electrons. The standard InChI is InChI=1S/C16H16F3N3O3S/c17-16(18,19)26(23,24)14-8-6-13(7-9-14)25-11-10-21-15(20)22-12-4-2-1-3-5-12/h1-9H,10-11H2,(H3,20,21,22). The maximum atomic E-state index is 12.4. The third-order valence-electron chi connectivity index (χ3n) is 3.13. The van der Waals surface area contributed by atoms with Crippen LogP contribution in [0.1, 0.15) is 0 Å². The van der Waals surface area contributed by atoms with E-state index in [-0.39, 0.29) is 24.9 Å². The van der Waals surface area contributed by atoms with Gasteiger partial charge in [-0.3, -0.25) is 0 Å². The zero-order valence-corrected chi connectivity index (χ0v) is 14.2. The molecule has 0 amide bonds. The Bertz CT molecular complexity index is 852. The average Bonchev–Trinajstić information content (AvgIpc) is 2.59. The Morgan fingerprint density at radius 1 is 1.08 bits per heavy atom. The van der Waals surface area contributed by atoms with Crippen molar-refractivity contribution in [3.05, 3.63) is 54.6 Å². The van der Waals surface area contributed by atoms with E-state index in [2.05, 4.69) is 10.3 Å². The lowest BCUT2D eigenvalue weighted by atomic mass is 10.3. The predicted octanol–water partition coefficient (Wildman–Crippen LogP) is 2.79. The van der Waals surface area contributed by atoms with Gasteiger partial charge in [-0.05, 0) is 36.4 Å². The molecule has 0 bridgehead atoms. The number of rotatable bonds is 6. The van der Waals surface area contributed by atoms with Crippen molar-refractivity contribution < 1.29 is 26.3 Å². The highest BCUT2D eigenvalue weighted by atomic mass is 32.2.